The fraction of sp³-hybridized carbons (Fsp3) is 0.276. The Morgan fingerprint density at radius 3 is 2.61 bits per heavy atom. The van der Waals surface area contributed by atoms with E-state index < -0.39 is 42.1 Å². The first kappa shape index (κ1) is 26.6. The average molecular weight is 570 g/mol. The Morgan fingerprint density at radius 1 is 1.10 bits per heavy atom. The van der Waals surface area contributed by atoms with Crippen LogP contribution in [0, 0.1) is 12.7 Å². The maximum atomic E-state index is 14.1. The molecule has 0 spiro atoms. The molecule has 1 aromatic heterocycles. The zero-order valence-electron chi connectivity index (χ0n) is 22.0. The van der Waals surface area contributed by atoms with Gasteiger partial charge in [-0.3, -0.25) is 19.1 Å². The van der Waals surface area contributed by atoms with Gasteiger partial charge in [0.2, 0.25) is 0 Å². The van der Waals surface area contributed by atoms with Crippen LogP contribution in [0.25, 0.3) is 16.7 Å². The molecule has 41 heavy (non-hydrogen) atoms. The molecule has 3 aromatic carbocycles. The molecule has 8 nitrogen and oxygen atoms in total. The first-order chi connectivity index (χ1) is 19.4. The van der Waals surface area contributed by atoms with Crippen LogP contribution in [0.1, 0.15) is 42.9 Å². The molecule has 2 aliphatic heterocycles. The van der Waals surface area contributed by atoms with Crippen molar-refractivity contribution in [3.63, 3.8) is 0 Å². The third-order valence-corrected chi connectivity index (χ3v) is 7.18. The van der Waals surface area contributed by atoms with Crippen LogP contribution in [0.15, 0.2) is 54.6 Å². The number of amides is 1. The molecule has 0 saturated heterocycles. The maximum Gasteiger partial charge on any atom is 0.471 e. The molecule has 0 fully saturated rings. The minimum Gasteiger partial charge on any atom is -0.488 e. The summed E-state index contributed by atoms with van der Waals surface area (Å²) in [5, 5.41) is 0. The highest BCUT2D eigenvalue weighted by Crippen LogP contribution is 2.47. The topological polar surface area (TPSA) is 82.9 Å². The van der Waals surface area contributed by atoms with Crippen molar-refractivity contribution in [1.82, 2.24) is 9.55 Å². The Balaban J connectivity index is 1.45. The molecule has 3 heterocycles. The maximum absolute atomic E-state index is 14.1. The number of halogens is 4. The number of imidazole rings is 1. The molecule has 1 unspecified atom stereocenters. The van der Waals surface area contributed by atoms with Crippen LogP contribution < -0.4 is 14.4 Å². The summed E-state index contributed by atoms with van der Waals surface area (Å²) in [6.45, 7) is 4.37. The van der Waals surface area contributed by atoms with E-state index >= 15 is 0 Å². The number of para-hydroxylation sites is 1. The third-order valence-electron chi connectivity index (χ3n) is 7.18. The average Bonchev–Trinajstić information content (AvgIpc) is 3.56. The summed E-state index contributed by atoms with van der Waals surface area (Å²) >= 11 is 0. The number of esters is 1. The van der Waals surface area contributed by atoms with Crippen molar-refractivity contribution < 1.29 is 41.4 Å². The van der Waals surface area contributed by atoms with Gasteiger partial charge < -0.3 is 14.2 Å². The molecular weight excluding hydrogens is 546 g/mol. The lowest BCUT2D eigenvalue weighted by molar-refractivity contribution is -0.171. The van der Waals surface area contributed by atoms with E-state index in [0.29, 0.717) is 38.6 Å². The molecule has 0 aliphatic carbocycles. The van der Waals surface area contributed by atoms with Crippen molar-refractivity contribution in [3.8, 4) is 17.2 Å². The van der Waals surface area contributed by atoms with E-state index in [2.05, 4.69) is 4.98 Å². The number of benzene rings is 3. The highest BCUT2D eigenvalue weighted by Gasteiger charge is 2.48. The molecular formula is C29H23F4N3O5. The molecule has 0 bridgehead atoms. The minimum absolute atomic E-state index is 0.0695. The molecule has 6 rings (SSSR count). The Kier molecular flexibility index (Phi) is 6.16. The second kappa shape index (κ2) is 9.50. The highest BCUT2D eigenvalue weighted by atomic mass is 19.4. The van der Waals surface area contributed by atoms with Gasteiger partial charge in [0.05, 0.1) is 22.8 Å². The van der Waals surface area contributed by atoms with Gasteiger partial charge in [-0.1, -0.05) is 12.1 Å². The standard InChI is InChI=1S/C29H23F4N3O5/c1-14-26(41-16(3)37)20-9-8-18(12-25(20)40-14)36(28(38)29(31,32)33)24-13-39-27-19(24)5-4-6-22(27)35-15(2)34-21-10-7-17(30)11-23(21)35/h4-12,14,24,26H,13H2,1-3H3/t14?,24-,26+/m0/s1. The Bertz CT molecular complexity index is 1720. The van der Waals surface area contributed by atoms with Crippen LogP contribution in [-0.2, 0) is 14.3 Å². The van der Waals surface area contributed by atoms with Crippen LogP contribution in [0.4, 0.5) is 23.2 Å². The van der Waals surface area contributed by atoms with E-state index in [1.807, 2.05) is 0 Å². The summed E-state index contributed by atoms with van der Waals surface area (Å²) in [7, 11) is 0. The Morgan fingerprint density at radius 2 is 1.88 bits per heavy atom. The van der Waals surface area contributed by atoms with Crippen molar-refractivity contribution >= 4 is 28.6 Å². The number of rotatable bonds is 4. The lowest BCUT2D eigenvalue weighted by Gasteiger charge is -2.29. The lowest BCUT2D eigenvalue weighted by atomic mass is 10.0. The molecule has 4 aromatic rings. The van der Waals surface area contributed by atoms with Gasteiger partial charge in [-0.2, -0.15) is 13.2 Å². The van der Waals surface area contributed by atoms with E-state index in [4.69, 9.17) is 14.2 Å². The number of anilines is 1. The van der Waals surface area contributed by atoms with E-state index in [9.17, 15) is 27.2 Å². The van der Waals surface area contributed by atoms with Gasteiger partial charge in [-0.05, 0) is 44.2 Å². The molecule has 0 N–H and O–H groups in total. The largest absolute Gasteiger partial charge is 0.488 e. The number of carbonyl (C=O) groups is 2. The van der Waals surface area contributed by atoms with Gasteiger partial charge in [0.25, 0.3) is 0 Å². The smallest absolute Gasteiger partial charge is 0.471 e. The van der Waals surface area contributed by atoms with Crippen molar-refractivity contribution in [2.45, 2.75) is 45.2 Å². The Hall–Kier alpha value is -4.61. The second-order valence-electron chi connectivity index (χ2n) is 9.90. The number of fused-ring (bicyclic) bond motifs is 3. The van der Waals surface area contributed by atoms with Crippen LogP contribution in [0.2, 0.25) is 0 Å². The molecule has 212 valence electrons. The van der Waals surface area contributed by atoms with Crippen LogP contribution in [0.3, 0.4) is 0 Å². The lowest BCUT2D eigenvalue weighted by Crippen LogP contribution is -2.44. The predicted octanol–water partition coefficient (Wildman–Crippen LogP) is 5.89. The first-order valence-corrected chi connectivity index (χ1v) is 12.7. The molecule has 3 atom stereocenters. The summed E-state index contributed by atoms with van der Waals surface area (Å²) in [6, 6.07) is 12.1. The summed E-state index contributed by atoms with van der Waals surface area (Å²) in [6.07, 6.45) is -6.51. The number of ether oxygens (including phenoxy) is 3. The highest BCUT2D eigenvalue weighted by molar-refractivity contribution is 5.98. The molecule has 1 amide bonds. The second-order valence-corrected chi connectivity index (χ2v) is 9.90. The summed E-state index contributed by atoms with van der Waals surface area (Å²) < 4.78 is 74.7. The minimum atomic E-state index is -5.19. The SMILES string of the molecule is CC(=O)O[C@H]1c2ccc(N(C(=O)C(F)(F)F)[C@H]3COc4c3cccc4-n3c(C)nc4ccc(F)cc43)cc2OC1C. The van der Waals surface area contributed by atoms with Gasteiger partial charge in [0.1, 0.15) is 35.9 Å². The van der Waals surface area contributed by atoms with Gasteiger partial charge in [0, 0.05) is 35.9 Å². The molecule has 0 saturated carbocycles. The number of hydrogen-bond acceptors (Lipinski definition) is 6. The van der Waals surface area contributed by atoms with Gasteiger partial charge in [-0.25, -0.2) is 9.37 Å². The van der Waals surface area contributed by atoms with E-state index in [-0.39, 0.29) is 23.8 Å². The van der Waals surface area contributed by atoms with Crippen LogP contribution in [-0.4, -0.2) is 40.3 Å². The van der Waals surface area contributed by atoms with E-state index in [1.165, 1.54) is 43.3 Å². The number of aryl methyl sites for hydroxylation is 1. The Labute approximate surface area is 231 Å². The number of carbonyl (C=O) groups excluding carboxylic acids is 2. The normalized spacial score (nSPS) is 19.3. The predicted molar refractivity (Wildman–Crippen MR) is 139 cm³/mol. The number of hydrogen-bond donors (Lipinski definition) is 0. The van der Waals surface area contributed by atoms with E-state index in [1.54, 1.807) is 36.6 Å². The molecule has 12 heteroatoms. The van der Waals surface area contributed by atoms with Gasteiger partial charge in [0.15, 0.2) is 6.10 Å². The fourth-order valence-electron chi connectivity index (χ4n) is 5.51. The molecule has 0 radical (unpaired) electrons. The summed E-state index contributed by atoms with van der Waals surface area (Å²) in [5.74, 6) is -2.12. The zero-order chi connectivity index (χ0) is 29.2. The monoisotopic (exact) mass is 569 g/mol. The zero-order valence-corrected chi connectivity index (χ0v) is 22.0. The van der Waals surface area contributed by atoms with Crippen LogP contribution >= 0.6 is 0 Å². The first-order valence-electron chi connectivity index (χ1n) is 12.7. The molecule has 2 aliphatic rings. The number of nitrogens with zero attached hydrogens (tertiary/aromatic N) is 3. The number of alkyl halides is 3. The van der Waals surface area contributed by atoms with Gasteiger partial charge >= 0.3 is 18.1 Å². The van der Waals surface area contributed by atoms with Crippen molar-refractivity contribution in [2.75, 3.05) is 11.5 Å². The summed E-state index contributed by atoms with van der Waals surface area (Å²) in [5.41, 5.74) is 2.19. The van der Waals surface area contributed by atoms with Crippen molar-refractivity contribution in [2.24, 2.45) is 0 Å². The third kappa shape index (κ3) is 4.43. The fourth-order valence-corrected chi connectivity index (χ4v) is 5.51. The van der Waals surface area contributed by atoms with Gasteiger partial charge in [-0.15, -0.1) is 0 Å². The van der Waals surface area contributed by atoms with Crippen LogP contribution in [0.5, 0.6) is 11.5 Å². The van der Waals surface area contributed by atoms with Crippen molar-refractivity contribution in [1.29, 1.82) is 0 Å². The number of aromatic nitrogens is 2. The summed E-state index contributed by atoms with van der Waals surface area (Å²) in [4.78, 5) is 29.5. The van der Waals surface area contributed by atoms with E-state index in [0.717, 1.165) is 0 Å². The van der Waals surface area contributed by atoms with Crippen molar-refractivity contribution in [3.05, 3.63) is 77.4 Å². The quantitative estimate of drug-likeness (QED) is 0.225.